The summed E-state index contributed by atoms with van der Waals surface area (Å²) in [6.45, 7) is 0. The molecule has 2 bridgehead atoms. The molecule has 3 fully saturated rings. The van der Waals surface area contributed by atoms with Crippen LogP contribution in [0.25, 0.3) is 0 Å². The van der Waals surface area contributed by atoms with Crippen LogP contribution in [0.5, 0.6) is 0 Å². The van der Waals surface area contributed by atoms with Crippen LogP contribution in [0.3, 0.4) is 0 Å². The molecule has 4 aliphatic carbocycles. The van der Waals surface area contributed by atoms with Crippen LogP contribution in [-0.4, -0.2) is 28.7 Å². The molecule has 3 amide bonds. The number of carbonyl (C=O) groups is 3. The smallest absolute Gasteiger partial charge is 0.234 e. The quantitative estimate of drug-likeness (QED) is 0.598. The average molecular weight is 407 g/mol. The van der Waals surface area contributed by atoms with Gasteiger partial charge in [-0.3, -0.25) is 19.3 Å². The van der Waals surface area contributed by atoms with E-state index in [0.717, 1.165) is 44.1 Å². The van der Waals surface area contributed by atoms with Crippen molar-refractivity contribution in [3.63, 3.8) is 0 Å². The second-order valence-electron chi connectivity index (χ2n) is 9.42. The summed E-state index contributed by atoms with van der Waals surface area (Å²) < 4.78 is 0. The van der Waals surface area contributed by atoms with Crippen molar-refractivity contribution in [2.24, 2.45) is 23.7 Å². The average Bonchev–Trinajstić information content (AvgIpc) is 3.07. The standard InChI is InChI=1S/C25H30N2O3/c28-21(26-19-9-5-2-6-10-19)15-20(16-7-3-1-4-8-16)27-24(29)22-17-11-12-18(14-13-17)23(22)25(27)30/h1,3-4,7-8,11-12,17-20,22-23H,2,5-6,9-10,13-15H2,(H,26,28)/t17-,18-,20-,22-,23+/m0/s1. The van der Waals surface area contributed by atoms with E-state index >= 15 is 0 Å². The third-order valence-electron chi connectivity index (χ3n) is 7.64. The van der Waals surface area contributed by atoms with Gasteiger partial charge in [-0.15, -0.1) is 0 Å². The van der Waals surface area contributed by atoms with E-state index in [1.807, 2.05) is 30.3 Å². The Bertz CT molecular complexity index is 826. The van der Waals surface area contributed by atoms with E-state index in [2.05, 4.69) is 17.5 Å². The third-order valence-corrected chi connectivity index (χ3v) is 7.64. The maximum atomic E-state index is 13.5. The second-order valence-corrected chi connectivity index (χ2v) is 9.42. The van der Waals surface area contributed by atoms with Crippen LogP contribution >= 0.6 is 0 Å². The van der Waals surface area contributed by atoms with E-state index in [-0.39, 0.29) is 53.9 Å². The third kappa shape index (κ3) is 3.38. The molecule has 30 heavy (non-hydrogen) atoms. The van der Waals surface area contributed by atoms with Crippen molar-refractivity contribution >= 4 is 17.7 Å². The number of hydrogen-bond acceptors (Lipinski definition) is 3. The fraction of sp³-hybridized carbons (Fsp3) is 0.560. The van der Waals surface area contributed by atoms with Crippen LogP contribution in [0, 0.1) is 23.7 Å². The van der Waals surface area contributed by atoms with Crippen molar-refractivity contribution in [3.05, 3.63) is 48.0 Å². The SMILES string of the molecule is O=C(C[C@@H](c1ccccc1)N1C(=O)[C@@H]2[C@H](C1=O)[C@H]1C=C[C@H]2CC1)NC1CCCCC1. The molecule has 1 saturated heterocycles. The highest BCUT2D eigenvalue weighted by molar-refractivity contribution is 6.06. The van der Waals surface area contributed by atoms with Crippen molar-refractivity contribution in [1.82, 2.24) is 10.2 Å². The first kappa shape index (κ1) is 19.5. The Morgan fingerprint density at radius 2 is 1.50 bits per heavy atom. The molecule has 5 heteroatoms. The number of amides is 3. The van der Waals surface area contributed by atoms with Crippen LogP contribution in [0.2, 0.25) is 0 Å². The summed E-state index contributed by atoms with van der Waals surface area (Å²) in [6.07, 6.45) is 11.9. The molecule has 1 aromatic carbocycles. The number of allylic oxidation sites excluding steroid dienone is 2. The lowest BCUT2D eigenvalue weighted by Gasteiger charge is -2.38. The number of hydrogen-bond donors (Lipinski definition) is 1. The molecule has 1 aliphatic heterocycles. The van der Waals surface area contributed by atoms with E-state index in [4.69, 9.17) is 0 Å². The number of benzene rings is 1. The monoisotopic (exact) mass is 406 g/mol. The van der Waals surface area contributed by atoms with Gasteiger partial charge < -0.3 is 5.32 Å². The molecule has 5 atom stereocenters. The van der Waals surface area contributed by atoms with Gasteiger partial charge in [-0.1, -0.05) is 61.7 Å². The summed E-state index contributed by atoms with van der Waals surface area (Å²) in [5.74, 6) is -0.385. The summed E-state index contributed by atoms with van der Waals surface area (Å²) >= 11 is 0. The van der Waals surface area contributed by atoms with Gasteiger partial charge in [0.05, 0.1) is 24.3 Å². The second kappa shape index (κ2) is 8.01. The van der Waals surface area contributed by atoms with E-state index in [1.165, 1.54) is 11.3 Å². The lowest BCUT2D eigenvalue weighted by molar-refractivity contribution is -0.143. The first-order valence-corrected chi connectivity index (χ1v) is 11.5. The Kier molecular flexibility index (Phi) is 5.21. The first-order chi connectivity index (χ1) is 14.6. The molecule has 0 spiro atoms. The number of carbonyl (C=O) groups excluding carboxylic acids is 3. The van der Waals surface area contributed by atoms with Crippen molar-refractivity contribution in [2.75, 3.05) is 0 Å². The first-order valence-electron chi connectivity index (χ1n) is 11.5. The Morgan fingerprint density at radius 3 is 2.07 bits per heavy atom. The number of rotatable bonds is 5. The van der Waals surface area contributed by atoms with Crippen LogP contribution in [0.4, 0.5) is 0 Å². The van der Waals surface area contributed by atoms with Crippen LogP contribution in [-0.2, 0) is 14.4 Å². The largest absolute Gasteiger partial charge is 0.353 e. The zero-order valence-electron chi connectivity index (χ0n) is 17.3. The van der Waals surface area contributed by atoms with Gasteiger partial charge in [0.1, 0.15) is 0 Å². The molecule has 1 heterocycles. The maximum absolute atomic E-state index is 13.5. The van der Waals surface area contributed by atoms with E-state index < -0.39 is 6.04 Å². The fourth-order valence-electron chi connectivity index (χ4n) is 6.15. The normalized spacial score (nSPS) is 31.7. The van der Waals surface area contributed by atoms with Crippen molar-refractivity contribution in [2.45, 2.75) is 63.5 Å². The fourth-order valence-corrected chi connectivity index (χ4v) is 6.15. The number of imide groups is 1. The van der Waals surface area contributed by atoms with Gasteiger partial charge in [0, 0.05) is 6.04 Å². The molecule has 0 aromatic heterocycles. The van der Waals surface area contributed by atoms with Crippen LogP contribution < -0.4 is 5.32 Å². The van der Waals surface area contributed by atoms with E-state index in [9.17, 15) is 14.4 Å². The predicted molar refractivity (Wildman–Crippen MR) is 113 cm³/mol. The minimum absolute atomic E-state index is 0.0627. The van der Waals surface area contributed by atoms with Gasteiger partial charge in [0.2, 0.25) is 17.7 Å². The maximum Gasteiger partial charge on any atom is 0.234 e. The van der Waals surface area contributed by atoms with Crippen molar-refractivity contribution < 1.29 is 14.4 Å². The Labute approximate surface area is 177 Å². The van der Waals surface area contributed by atoms with Gasteiger partial charge >= 0.3 is 0 Å². The minimum atomic E-state index is -0.528. The van der Waals surface area contributed by atoms with Gasteiger partial charge in [0.15, 0.2) is 0 Å². The zero-order valence-corrected chi connectivity index (χ0v) is 17.3. The predicted octanol–water partition coefficient (Wildman–Crippen LogP) is 3.76. The summed E-state index contributed by atoms with van der Waals surface area (Å²) in [5.41, 5.74) is 0.858. The highest BCUT2D eigenvalue weighted by atomic mass is 16.2. The topological polar surface area (TPSA) is 66.5 Å². The molecule has 1 aromatic rings. The highest BCUT2D eigenvalue weighted by Crippen LogP contribution is 2.51. The molecule has 6 rings (SSSR count). The highest BCUT2D eigenvalue weighted by Gasteiger charge is 2.58. The molecular weight excluding hydrogens is 376 g/mol. The molecule has 0 radical (unpaired) electrons. The van der Waals surface area contributed by atoms with Gasteiger partial charge in [-0.05, 0) is 43.1 Å². The minimum Gasteiger partial charge on any atom is -0.353 e. The van der Waals surface area contributed by atoms with Gasteiger partial charge in [-0.2, -0.15) is 0 Å². The molecule has 1 N–H and O–H groups in total. The summed E-state index contributed by atoms with van der Waals surface area (Å²) in [7, 11) is 0. The molecule has 0 unspecified atom stereocenters. The number of fused-ring (bicyclic) bond motifs is 1. The van der Waals surface area contributed by atoms with Crippen molar-refractivity contribution in [3.8, 4) is 0 Å². The summed E-state index contributed by atoms with van der Waals surface area (Å²) in [5, 5.41) is 3.16. The van der Waals surface area contributed by atoms with Gasteiger partial charge in [-0.25, -0.2) is 0 Å². The molecule has 158 valence electrons. The Morgan fingerprint density at radius 1 is 0.900 bits per heavy atom. The lowest BCUT2D eigenvalue weighted by Crippen LogP contribution is -2.41. The number of nitrogens with one attached hydrogen (secondary N) is 1. The molecule has 2 saturated carbocycles. The van der Waals surface area contributed by atoms with Crippen molar-refractivity contribution in [1.29, 1.82) is 0 Å². The van der Waals surface area contributed by atoms with E-state index in [1.54, 1.807) is 0 Å². The molecular formula is C25H30N2O3. The van der Waals surface area contributed by atoms with Gasteiger partial charge in [0.25, 0.3) is 0 Å². The lowest BCUT2D eigenvalue weighted by atomic mass is 9.63. The molecule has 5 aliphatic rings. The number of likely N-dealkylation sites (tertiary alicyclic amines) is 1. The van der Waals surface area contributed by atoms with Crippen LogP contribution in [0.15, 0.2) is 42.5 Å². The Hall–Kier alpha value is -2.43. The Balaban J connectivity index is 1.40. The van der Waals surface area contributed by atoms with E-state index in [0.29, 0.717) is 0 Å². The van der Waals surface area contributed by atoms with Crippen LogP contribution in [0.1, 0.15) is 63.0 Å². The summed E-state index contributed by atoms with van der Waals surface area (Å²) in [6, 6.07) is 9.27. The molecule has 5 nitrogen and oxygen atoms in total. The number of nitrogens with zero attached hydrogens (tertiary/aromatic N) is 1. The summed E-state index contributed by atoms with van der Waals surface area (Å²) in [4.78, 5) is 41.3. The zero-order chi connectivity index (χ0) is 20.7.